The first kappa shape index (κ1) is 15.0. The van der Waals surface area contributed by atoms with Gasteiger partial charge >= 0.3 is 0 Å². The SMILES string of the molecule is CCC(NC(=O)CCc1ccc(OC)cc1)c1nn[nH]n1. The second-order valence-electron chi connectivity index (χ2n) is 4.65. The van der Waals surface area contributed by atoms with Crippen molar-refractivity contribution in [3.8, 4) is 5.75 Å². The molecule has 0 aliphatic rings. The summed E-state index contributed by atoms with van der Waals surface area (Å²) in [5, 5.41) is 16.6. The van der Waals surface area contributed by atoms with E-state index in [4.69, 9.17) is 4.74 Å². The number of rotatable bonds is 7. The number of hydrogen-bond donors (Lipinski definition) is 2. The minimum atomic E-state index is -0.202. The normalized spacial score (nSPS) is 11.9. The van der Waals surface area contributed by atoms with Gasteiger partial charge in [0.05, 0.1) is 13.2 Å². The van der Waals surface area contributed by atoms with Crippen LogP contribution in [0.25, 0.3) is 0 Å². The summed E-state index contributed by atoms with van der Waals surface area (Å²) in [5.41, 5.74) is 1.10. The highest BCUT2D eigenvalue weighted by Crippen LogP contribution is 2.14. The van der Waals surface area contributed by atoms with E-state index >= 15 is 0 Å². The van der Waals surface area contributed by atoms with Gasteiger partial charge < -0.3 is 10.1 Å². The maximum Gasteiger partial charge on any atom is 0.220 e. The average Bonchev–Trinajstić information content (AvgIpc) is 3.05. The Labute approximate surface area is 123 Å². The molecule has 2 rings (SSSR count). The van der Waals surface area contributed by atoms with E-state index in [0.29, 0.717) is 25.1 Å². The van der Waals surface area contributed by atoms with Crippen molar-refractivity contribution in [2.24, 2.45) is 0 Å². The number of aryl methyl sites for hydroxylation is 1. The van der Waals surface area contributed by atoms with Gasteiger partial charge in [0, 0.05) is 6.42 Å². The van der Waals surface area contributed by atoms with Gasteiger partial charge in [0.15, 0.2) is 5.82 Å². The molecule has 0 saturated heterocycles. The van der Waals surface area contributed by atoms with E-state index in [-0.39, 0.29) is 11.9 Å². The topological polar surface area (TPSA) is 92.8 Å². The number of amides is 1. The Kier molecular flexibility index (Phi) is 5.25. The highest BCUT2D eigenvalue weighted by molar-refractivity contribution is 5.76. The molecule has 21 heavy (non-hydrogen) atoms. The number of ether oxygens (including phenoxy) is 1. The smallest absolute Gasteiger partial charge is 0.220 e. The number of tetrazole rings is 1. The number of aromatic nitrogens is 4. The van der Waals surface area contributed by atoms with Gasteiger partial charge in [-0.25, -0.2) is 0 Å². The molecule has 0 radical (unpaired) electrons. The zero-order chi connectivity index (χ0) is 15.1. The number of methoxy groups -OCH3 is 1. The third kappa shape index (κ3) is 4.27. The molecule has 1 unspecified atom stereocenters. The molecule has 7 nitrogen and oxygen atoms in total. The third-order valence-corrected chi connectivity index (χ3v) is 3.22. The zero-order valence-electron chi connectivity index (χ0n) is 12.2. The van der Waals surface area contributed by atoms with E-state index in [0.717, 1.165) is 11.3 Å². The number of aromatic amines is 1. The van der Waals surface area contributed by atoms with Crippen LogP contribution in [0.1, 0.15) is 37.2 Å². The lowest BCUT2D eigenvalue weighted by atomic mass is 10.1. The van der Waals surface area contributed by atoms with Gasteiger partial charge in [0.1, 0.15) is 5.75 Å². The first-order valence-corrected chi connectivity index (χ1v) is 6.88. The second kappa shape index (κ2) is 7.37. The van der Waals surface area contributed by atoms with Gasteiger partial charge in [0.2, 0.25) is 5.91 Å². The van der Waals surface area contributed by atoms with E-state index in [1.54, 1.807) is 7.11 Å². The number of nitrogens with zero attached hydrogens (tertiary/aromatic N) is 3. The van der Waals surface area contributed by atoms with Crippen LogP contribution in [0.3, 0.4) is 0 Å². The van der Waals surface area contributed by atoms with Crippen molar-refractivity contribution in [1.82, 2.24) is 25.9 Å². The number of hydrogen-bond acceptors (Lipinski definition) is 5. The van der Waals surface area contributed by atoms with Crippen LogP contribution in [0, 0.1) is 0 Å². The van der Waals surface area contributed by atoms with Crippen LogP contribution < -0.4 is 10.1 Å². The molecule has 1 atom stereocenters. The highest BCUT2D eigenvalue weighted by atomic mass is 16.5. The lowest BCUT2D eigenvalue weighted by Gasteiger charge is -2.13. The fourth-order valence-electron chi connectivity index (χ4n) is 1.98. The van der Waals surface area contributed by atoms with Crippen LogP contribution in [0.2, 0.25) is 0 Å². The van der Waals surface area contributed by atoms with Crippen LogP contribution >= 0.6 is 0 Å². The highest BCUT2D eigenvalue weighted by Gasteiger charge is 2.16. The maximum atomic E-state index is 12.0. The molecule has 0 aliphatic heterocycles. The van der Waals surface area contributed by atoms with Gasteiger partial charge in [-0.05, 0) is 30.5 Å². The summed E-state index contributed by atoms with van der Waals surface area (Å²) in [6.45, 7) is 1.96. The van der Waals surface area contributed by atoms with Crippen molar-refractivity contribution in [2.45, 2.75) is 32.2 Å². The van der Waals surface area contributed by atoms with E-state index in [2.05, 4.69) is 25.9 Å². The summed E-state index contributed by atoms with van der Waals surface area (Å²) >= 11 is 0. The number of benzene rings is 1. The van der Waals surface area contributed by atoms with Gasteiger partial charge in [-0.2, -0.15) is 5.21 Å². The Morgan fingerprint density at radius 1 is 1.38 bits per heavy atom. The Morgan fingerprint density at radius 2 is 2.14 bits per heavy atom. The molecule has 1 heterocycles. The molecule has 2 N–H and O–H groups in total. The van der Waals surface area contributed by atoms with Crippen molar-refractivity contribution in [1.29, 1.82) is 0 Å². The first-order valence-electron chi connectivity index (χ1n) is 6.88. The lowest BCUT2D eigenvalue weighted by Crippen LogP contribution is -2.29. The zero-order valence-corrected chi connectivity index (χ0v) is 12.2. The Balaban J connectivity index is 1.83. The molecule has 0 aliphatic carbocycles. The molecule has 2 aromatic rings. The van der Waals surface area contributed by atoms with Crippen molar-refractivity contribution in [2.75, 3.05) is 7.11 Å². The molecule has 0 spiro atoms. The molecule has 7 heteroatoms. The van der Waals surface area contributed by atoms with Crippen LogP contribution in [-0.4, -0.2) is 33.6 Å². The molecular formula is C14H19N5O2. The summed E-state index contributed by atoms with van der Waals surface area (Å²) in [7, 11) is 1.63. The van der Waals surface area contributed by atoms with Crippen LogP contribution in [0.5, 0.6) is 5.75 Å². The van der Waals surface area contributed by atoms with E-state index in [1.165, 1.54) is 0 Å². The fourth-order valence-corrected chi connectivity index (χ4v) is 1.98. The third-order valence-electron chi connectivity index (χ3n) is 3.22. The molecule has 0 saturated carbocycles. The number of carbonyl (C=O) groups is 1. The second-order valence-corrected chi connectivity index (χ2v) is 4.65. The van der Waals surface area contributed by atoms with Crippen LogP contribution in [-0.2, 0) is 11.2 Å². The molecule has 1 amide bonds. The number of nitrogens with one attached hydrogen (secondary N) is 2. The molecule has 112 valence electrons. The van der Waals surface area contributed by atoms with Crippen molar-refractivity contribution in [3.63, 3.8) is 0 Å². The monoisotopic (exact) mass is 289 g/mol. The van der Waals surface area contributed by atoms with E-state index in [9.17, 15) is 4.79 Å². The van der Waals surface area contributed by atoms with Crippen molar-refractivity contribution in [3.05, 3.63) is 35.7 Å². The first-order chi connectivity index (χ1) is 10.2. The molecule has 0 bridgehead atoms. The Morgan fingerprint density at radius 3 is 2.71 bits per heavy atom. The van der Waals surface area contributed by atoms with Crippen molar-refractivity contribution < 1.29 is 9.53 Å². The number of carbonyl (C=O) groups excluding carboxylic acids is 1. The van der Waals surface area contributed by atoms with Gasteiger partial charge in [-0.3, -0.25) is 4.79 Å². The quantitative estimate of drug-likeness (QED) is 0.804. The van der Waals surface area contributed by atoms with E-state index < -0.39 is 0 Å². The van der Waals surface area contributed by atoms with E-state index in [1.807, 2.05) is 31.2 Å². The molecule has 0 fully saturated rings. The average molecular weight is 289 g/mol. The van der Waals surface area contributed by atoms with Gasteiger partial charge in [-0.15, -0.1) is 10.2 Å². The summed E-state index contributed by atoms with van der Waals surface area (Å²) < 4.78 is 5.10. The largest absolute Gasteiger partial charge is 0.497 e. The van der Waals surface area contributed by atoms with Crippen LogP contribution in [0.15, 0.2) is 24.3 Å². The summed E-state index contributed by atoms with van der Waals surface area (Å²) in [6, 6.07) is 7.50. The fraction of sp³-hybridized carbons (Fsp3) is 0.429. The van der Waals surface area contributed by atoms with Gasteiger partial charge in [-0.1, -0.05) is 24.3 Å². The van der Waals surface area contributed by atoms with Crippen LogP contribution in [0.4, 0.5) is 0 Å². The predicted octanol–water partition coefficient (Wildman–Crippen LogP) is 1.41. The molecule has 1 aromatic carbocycles. The molecule has 1 aromatic heterocycles. The van der Waals surface area contributed by atoms with Crippen molar-refractivity contribution >= 4 is 5.91 Å². The number of H-pyrrole nitrogens is 1. The Bertz CT molecular complexity index is 553. The summed E-state index contributed by atoms with van der Waals surface area (Å²) in [5.74, 6) is 1.30. The Hall–Kier alpha value is -2.44. The predicted molar refractivity (Wildman–Crippen MR) is 76.7 cm³/mol. The maximum absolute atomic E-state index is 12.0. The summed E-state index contributed by atoms with van der Waals surface area (Å²) in [6.07, 6.45) is 1.81. The lowest BCUT2D eigenvalue weighted by molar-refractivity contribution is -0.121. The minimum absolute atomic E-state index is 0.0255. The van der Waals surface area contributed by atoms with Gasteiger partial charge in [0.25, 0.3) is 0 Å². The summed E-state index contributed by atoms with van der Waals surface area (Å²) in [4.78, 5) is 12.0. The molecular weight excluding hydrogens is 270 g/mol. The minimum Gasteiger partial charge on any atom is -0.497 e. The standard InChI is InChI=1S/C14H19N5O2/c1-3-12(14-16-18-19-17-14)15-13(20)9-6-10-4-7-11(21-2)8-5-10/h4-5,7-8,12H,3,6,9H2,1-2H3,(H,15,20)(H,16,17,18,19).